The van der Waals surface area contributed by atoms with Gasteiger partial charge in [-0.15, -0.1) is 0 Å². The van der Waals surface area contributed by atoms with E-state index in [1.807, 2.05) is 0 Å². The van der Waals surface area contributed by atoms with Crippen LogP contribution in [0.5, 0.6) is 0 Å². The minimum atomic E-state index is -5.22. The Hall–Kier alpha value is -4.26. The molecule has 1 unspecified atom stereocenters. The fraction of sp³-hybridized carbons (Fsp3) is 0.364. The lowest BCUT2D eigenvalue weighted by Crippen LogP contribution is -2.54. The van der Waals surface area contributed by atoms with E-state index in [1.165, 1.54) is 17.9 Å². The topological polar surface area (TPSA) is 103 Å². The third-order valence-electron chi connectivity index (χ3n) is 5.60. The van der Waals surface area contributed by atoms with E-state index < -0.39 is 41.4 Å². The number of benzene rings is 1. The molecule has 0 radical (unpaired) electrons. The van der Waals surface area contributed by atoms with Crippen molar-refractivity contribution in [3.8, 4) is 17.7 Å². The van der Waals surface area contributed by atoms with Gasteiger partial charge in [0.2, 0.25) is 5.95 Å². The molecule has 38 heavy (non-hydrogen) atoms. The molecule has 0 spiro atoms. The molecule has 3 heterocycles. The van der Waals surface area contributed by atoms with Crippen molar-refractivity contribution >= 4 is 23.1 Å². The van der Waals surface area contributed by atoms with E-state index in [-0.39, 0.29) is 42.4 Å². The highest BCUT2D eigenvalue weighted by Crippen LogP contribution is 2.31. The van der Waals surface area contributed by atoms with Crippen LogP contribution in [0.4, 0.5) is 32.3 Å². The Morgan fingerprint density at radius 1 is 1.18 bits per heavy atom. The molecule has 202 valence electrons. The van der Waals surface area contributed by atoms with Crippen molar-refractivity contribution in [1.82, 2.24) is 24.0 Å². The number of nitrogens with one attached hydrogen (secondary N) is 1. The lowest BCUT2D eigenvalue weighted by atomic mass is 10.2. The molecule has 1 fully saturated rings. The van der Waals surface area contributed by atoms with E-state index in [9.17, 15) is 40.7 Å². The number of alkyl halides is 6. The molecule has 1 N–H and O–H groups in total. The maximum absolute atomic E-state index is 13.4. The number of imidazole rings is 1. The third-order valence-corrected chi connectivity index (χ3v) is 5.60. The van der Waals surface area contributed by atoms with E-state index in [4.69, 9.17) is 0 Å². The van der Waals surface area contributed by atoms with Crippen molar-refractivity contribution in [2.24, 2.45) is 7.05 Å². The first kappa shape index (κ1) is 26.8. The summed E-state index contributed by atoms with van der Waals surface area (Å²) in [6, 6.07) is 6.46. The maximum Gasteiger partial charge on any atom is 0.490 e. The smallest absolute Gasteiger partial charge is 0.438 e. The van der Waals surface area contributed by atoms with Crippen molar-refractivity contribution in [3.63, 3.8) is 0 Å². The number of anilines is 1. The summed E-state index contributed by atoms with van der Waals surface area (Å²) in [5, 5.41) is 2.61. The van der Waals surface area contributed by atoms with Gasteiger partial charge in [0, 0.05) is 26.2 Å². The summed E-state index contributed by atoms with van der Waals surface area (Å²) in [4.78, 5) is 43.1. The first-order valence-corrected chi connectivity index (χ1v) is 10.8. The second kappa shape index (κ2) is 9.56. The number of esters is 1. The van der Waals surface area contributed by atoms with Crippen molar-refractivity contribution in [1.29, 1.82) is 0 Å². The quantitative estimate of drug-likeness (QED) is 0.304. The Balaban J connectivity index is 1.91. The van der Waals surface area contributed by atoms with Gasteiger partial charge < -0.3 is 9.64 Å². The Morgan fingerprint density at radius 3 is 2.53 bits per heavy atom. The monoisotopic (exact) mass is 544 g/mol. The van der Waals surface area contributed by atoms with Gasteiger partial charge in [0.15, 0.2) is 17.4 Å². The number of carbonyl (C=O) groups is 1. The van der Waals surface area contributed by atoms with Crippen LogP contribution in [0.1, 0.15) is 12.5 Å². The van der Waals surface area contributed by atoms with Crippen LogP contribution in [0.25, 0.3) is 16.9 Å². The van der Waals surface area contributed by atoms with E-state index in [0.29, 0.717) is 10.6 Å². The Kier molecular flexibility index (Phi) is 6.74. The highest BCUT2D eigenvalue weighted by atomic mass is 19.4. The number of ether oxygens (including phenoxy) is 1. The van der Waals surface area contributed by atoms with Crippen LogP contribution in [0.15, 0.2) is 33.9 Å². The van der Waals surface area contributed by atoms with Crippen LogP contribution in [-0.4, -0.2) is 56.7 Å². The van der Waals surface area contributed by atoms with Crippen LogP contribution < -0.4 is 21.5 Å². The van der Waals surface area contributed by atoms with Crippen LogP contribution in [0.2, 0.25) is 0 Å². The molecule has 16 heteroatoms. The van der Waals surface area contributed by atoms with Gasteiger partial charge in [-0.05, 0) is 25.1 Å². The molecule has 2 aromatic heterocycles. The van der Waals surface area contributed by atoms with Gasteiger partial charge in [0.1, 0.15) is 0 Å². The van der Waals surface area contributed by atoms with Gasteiger partial charge in [-0.3, -0.25) is 14.7 Å². The number of piperazine rings is 1. The summed E-state index contributed by atoms with van der Waals surface area (Å²) >= 11 is 0. The highest BCUT2D eigenvalue weighted by molar-refractivity contribution is 5.78. The van der Waals surface area contributed by atoms with Crippen molar-refractivity contribution in [2.45, 2.75) is 25.5 Å². The number of carbonyl (C=O) groups excluding carboxylic acids is 1. The highest BCUT2D eigenvalue weighted by Gasteiger charge is 2.43. The normalized spacial score (nSPS) is 16.3. The van der Waals surface area contributed by atoms with Crippen LogP contribution in [0, 0.1) is 12.0 Å². The molecule has 1 aliphatic heterocycles. The zero-order valence-corrected chi connectivity index (χ0v) is 19.6. The Bertz CT molecular complexity index is 1590. The predicted molar refractivity (Wildman–Crippen MR) is 121 cm³/mol. The molecule has 1 aliphatic rings. The van der Waals surface area contributed by atoms with Gasteiger partial charge in [-0.2, -0.15) is 31.3 Å². The molecule has 10 nitrogen and oxygen atoms in total. The number of rotatable bonds is 3. The average molecular weight is 544 g/mol. The SMILES string of the molecule is CC#Cn1c(N2CCNC(OC(=O)C(F)(F)F)C2)nc2c1c(=O)n(C)c(=O)n2-c1cccc(C(F)(F)F)c1. The number of aromatic nitrogens is 4. The van der Waals surface area contributed by atoms with E-state index in [2.05, 4.69) is 27.0 Å². The van der Waals surface area contributed by atoms with Crippen LogP contribution in [-0.2, 0) is 22.8 Å². The summed E-state index contributed by atoms with van der Waals surface area (Å²) in [5.41, 5.74) is -3.70. The molecular formula is C22H18F6N6O4. The van der Waals surface area contributed by atoms with Crippen molar-refractivity contribution in [2.75, 3.05) is 24.5 Å². The molecule has 0 bridgehead atoms. The summed E-state index contributed by atoms with van der Waals surface area (Å²) in [6.07, 6.45) is -11.4. The lowest BCUT2D eigenvalue weighted by Gasteiger charge is -2.33. The largest absolute Gasteiger partial charge is 0.490 e. The minimum Gasteiger partial charge on any atom is -0.438 e. The van der Waals surface area contributed by atoms with Gasteiger partial charge >= 0.3 is 24.0 Å². The lowest BCUT2D eigenvalue weighted by molar-refractivity contribution is -0.206. The van der Waals surface area contributed by atoms with Gasteiger partial charge in [-0.25, -0.2) is 18.7 Å². The molecule has 1 saturated heterocycles. The number of fused-ring (bicyclic) bond motifs is 1. The molecular weight excluding hydrogens is 526 g/mol. The van der Waals surface area contributed by atoms with E-state index in [1.54, 1.807) is 0 Å². The molecule has 0 aliphatic carbocycles. The fourth-order valence-corrected chi connectivity index (χ4v) is 3.89. The van der Waals surface area contributed by atoms with Crippen molar-refractivity contribution < 1.29 is 35.9 Å². The molecule has 4 rings (SSSR count). The molecule has 0 amide bonds. The van der Waals surface area contributed by atoms with E-state index >= 15 is 0 Å². The van der Waals surface area contributed by atoms with Gasteiger partial charge in [0.25, 0.3) is 5.56 Å². The second-order valence-electron chi connectivity index (χ2n) is 8.10. The zero-order valence-electron chi connectivity index (χ0n) is 19.6. The zero-order chi connectivity index (χ0) is 28.0. The van der Waals surface area contributed by atoms with Crippen LogP contribution >= 0.6 is 0 Å². The standard InChI is InChI=1S/C22H18F6N6O4/c1-3-8-33-15-16(30-19(33)32-9-7-29-14(11-32)38-18(36)22(26,27)28)34(20(37)31(2)17(15)35)13-6-4-5-12(10-13)21(23,24)25/h4-6,10,14,29H,7,9,11H2,1-2H3. The van der Waals surface area contributed by atoms with Crippen molar-refractivity contribution in [3.05, 3.63) is 50.7 Å². The fourth-order valence-electron chi connectivity index (χ4n) is 3.89. The second-order valence-corrected chi connectivity index (χ2v) is 8.10. The summed E-state index contributed by atoms with van der Waals surface area (Å²) in [7, 11) is 1.13. The molecule has 3 aromatic rings. The molecule has 0 saturated carbocycles. The Morgan fingerprint density at radius 2 is 1.89 bits per heavy atom. The first-order valence-electron chi connectivity index (χ1n) is 10.8. The predicted octanol–water partition coefficient (Wildman–Crippen LogP) is 1.57. The summed E-state index contributed by atoms with van der Waals surface area (Å²) in [5.74, 6) is 0.0653. The summed E-state index contributed by atoms with van der Waals surface area (Å²) < 4.78 is 85.1. The van der Waals surface area contributed by atoms with Crippen LogP contribution in [0.3, 0.4) is 0 Å². The maximum atomic E-state index is 13.4. The Labute approximate surface area is 209 Å². The molecule has 1 aromatic carbocycles. The number of hydrogen-bond donors (Lipinski definition) is 1. The number of hydrogen-bond acceptors (Lipinski definition) is 7. The molecule has 1 atom stereocenters. The average Bonchev–Trinajstić information content (AvgIpc) is 3.21. The minimum absolute atomic E-state index is 0.0387. The third kappa shape index (κ3) is 4.84. The van der Waals surface area contributed by atoms with Gasteiger partial charge in [0.05, 0.1) is 17.8 Å². The first-order chi connectivity index (χ1) is 17.7. The number of halogens is 6. The number of nitrogens with zero attached hydrogens (tertiary/aromatic N) is 5. The van der Waals surface area contributed by atoms with E-state index in [0.717, 1.165) is 28.3 Å². The van der Waals surface area contributed by atoms with Gasteiger partial charge in [-0.1, -0.05) is 12.0 Å². The summed E-state index contributed by atoms with van der Waals surface area (Å²) in [6.45, 7) is 1.24.